The summed E-state index contributed by atoms with van der Waals surface area (Å²) in [5, 5.41) is 22.7. The van der Waals surface area contributed by atoms with Gasteiger partial charge in [-0.25, -0.2) is 0 Å². The van der Waals surface area contributed by atoms with E-state index in [4.69, 9.17) is 49.4 Å². The second-order valence-corrected chi connectivity index (χ2v) is 44.9. The lowest BCUT2D eigenvalue weighted by atomic mass is 10.1. The van der Waals surface area contributed by atoms with Crippen LogP contribution in [0.1, 0.15) is 254 Å². The first-order chi connectivity index (χ1) is 36.9. The van der Waals surface area contributed by atoms with Crippen molar-refractivity contribution in [2.24, 2.45) is 0 Å². The van der Waals surface area contributed by atoms with Crippen LogP contribution in [0.2, 0.25) is 18.1 Å². The van der Waals surface area contributed by atoms with E-state index < -0.39 is 83.1 Å². The van der Waals surface area contributed by atoms with E-state index in [1.807, 2.05) is 28.5 Å². The van der Waals surface area contributed by atoms with Crippen molar-refractivity contribution in [3.63, 3.8) is 0 Å². The van der Waals surface area contributed by atoms with Crippen LogP contribution in [0.4, 0.5) is 0 Å². The van der Waals surface area contributed by atoms with Crippen LogP contribution in [-0.4, -0.2) is 93.4 Å². The molecule has 0 aliphatic carbocycles. The van der Waals surface area contributed by atoms with Gasteiger partial charge in [-0.1, -0.05) is 207 Å². The normalized spacial score (nSPS) is 32.9. The van der Waals surface area contributed by atoms with Crippen LogP contribution in [0.15, 0.2) is 58.9 Å². The van der Waals surface area contributed by atoms with Crippen molar-refractivity contribution < 1.29 is 59.6 Å². The summed E-state index contributed by atoms with van der Waals surface area (Å²) in [5.41, 5.74) is 9.92. The molecule has 6 saturated heterocycles. The molecule has 0 aromatic carbocycles. The molecular weight excluding hydrogens is 1100 g/mol. The predicted octanol–water partition coefficient (Wildman–Crippen LogP) is 15.2. The number of hydrogen-bond acceptors (Lipinski definition) is 14. The van der Waals surface area contributed by atoms with Crippen molar-refractivity contribution in [2.45, 2.75) is 278 Å². The maximum atomic E-state index is 11.9. The standard InChI is InChI=1S/C54H106O14Si8/c1-8-15-22-29-30-37-44-51-75-64-71(47-40-33-25-18-11-4)58-69(45-38-31-23-16-9-2)57-70(46-39-32-24-17-10-3)60-73(62-71,49-42-35-27-20-13-6)66-76(68-75,53-54(56)52-55)67-74(61-70,50-43-36-28-21-14-7)63-72(59-69,65-75)48-41-34-26-19-12-5/h38,40,42-45,47,49-51,54-56H,8-37,39,41,46,48,52-53H2,1-7H3/b45-38+,47-40+,49-42+,50-43+,51-44+. The molecule has 6 aliphatic rings. The number of allylic oxidation sites excluding steroid dienone is 5. The van der Waals surface area contributed by atoms with Gasteiger partial charge in [0.2, 0.25) is 0 Å². The minimum absolute atomic E-state index is 0.230. The third-order valence-corrected chi connectivity index (χ3v) is 48.8. The Bertz CT molecular complexity index is 1790. The highest BCUT2D eigenvalue weighted by atomic mass is 28.6. The van der Waals surface area contributed by atoms with Crippen molar-refractivity contribution in [3.8, 4) is 0 Å². The maximum absolute atomic E-state index is 11.9. The van der Waals surface area contributed by atoms with Crippen LogP contribution < -0.4 is 0 Å². The molecule has 0 spiro atoms. The molecule has 0 amide bonds. The summed E-state index contributed by atoms with van der Waals surface area (Å²) in [6.45, 7) is 14.9. The molecule has 0 saturated carbocycles. The first-order valence-corrected chi connectivity index (χ1v) is 45.8. The molecule has 2 N–H and O–H groups in total. The molecule has 6 aliphatic heterocycles. The molecule has 0 aromatic rings. The van der Waals surface area contributed by atoms with Gasteiger partial charge in [-0.15, -0.1) is 0 Å². The minimum Gasteiger partial charge on any atom is -0.394 e. The number of aliphatic hydroxyl groups excluding tert-OH is 2. The minimum atomic E-state index is -4.55. The van der Waals surface area contributed by atoms with Gasteiger partial charge < -0.3 is 59.6 Å². The first-order valence-electron chi connectivity index (χ1n) is 31.0. The largest absolute Gasteiger partial charge is 0.507 e. The Morgan fingerprint density at radius 2 is 0.513 bits per heavy atom. The van der Waals surface area contributed by atoms with Gasteiger partial charge in [0, 0.05) is 18.1 Å². The van der Waals surface area contributed by atoms with Crippen LogP contribution in [0.5, 0.6) is 0 Å². The molecule has 22 heteroatoms. The molecule has 6 rings (SSSR count). The summed E-state index contributed by atoms with van der Waals surface area (Å²) in [5.74, 6) is 0. The third kappa shape index (κ3) is 20.9. The smallest absolute Gasteiger partial charge is 0.394 e. The summed E-state index contributed by atoms with van der Waals surface area (Å²) < 4.78 is 94.8. The van der Waals surface area contributed by atoms with Crippen molar-refractivity contribution in [1.82, 2.24) is 0 Å². The van der Waals surface area contributed by atoms with Crippen LogP contribution in [0.3, 0.4) is 0 Å². The first kappa shape index (κ1) is 66.7. The molecule has 6 fully saturated rings. The number of rotatable bonds is 42. The lowest BCUT2D eigenvalue weighted by Crippen LogP contribution is -2.88. The Labute approximate surface area is 471 Å². The van der Waals surface area contributed by atoms with E-state index in [9.17, 15) is 10.2 Å². The molecule has 14 nitrogen and oxygen atoms in total. The molecule has 9 atom stereocenters. The van der Waals surface area contributed by atoms with Crippen LogP contribution in [0, 0.1) is 0 Å². The summed E-state index contributed by atoms with van der Waals surface area (Å²) in [7, 11) is -34.9. The lowest BCUT2D eigenvalue weighted by molar-refractivity contribution is -0.0193. The monoisotopic (exact) mass is 1200 g/mol. The van der Waals surface area contributed by atoms with Gasteiger partial charge >= 0.3 is 70.4 Å². The van der Waals surface area contributed by atoms with E-state index in [1.54, 1.807) is 0 Å². The van der Waals surface area contributed by atoms with Crippen molar-refractivity contribution in [2.75, 3.05) is 6.61 Å². The van der Waals surface area contributed by atoms with Gasteiger partial charge in [-0.2, -0.15) is 0 Å². The number of aliphatic hydroxyl groups is 2. The lowest BCUT2D eigenvalue weighted by Gasteiger charge is -2.61. The van der Waals surface area contributed by atoms with Gasteiger partial charge in [0.15, 0.2) is 0 Å². The fourth-order valence-corrected chi connectivity index (χ4v) is 55.5. The van der Waals surface area contributed by atoms with E-state index in [2.05, 4.69) is 78.8 Å². The Kier molecular flexibility index (Phi) is 30.2. The maximum Gasteiger partial charge on any atom is 0.507 e. The Morgan fingerprint density at radius 3 is 0.803 bits per heavy atom. The highest BCUT2D eigenvalue weighted by molar-refractivity contribution is 7.06. The Balaban J connectivity index is 1.93. The molecule has 0 radical (unpaired) electrons. The van der Waals surface area contributed by atoms with Gasteiger partial charge in [-0.05, 0) is 106 Å². The number of hydrogen-bond donors (Lipinski definition) is 2. The van der Waals surface area contributed by atoms with Gasteiger partial charge in [0.05, 0.1) is 12.7 Å². The second kappa shape index (κ2) is 34.5. The van der Waals surface area contributed by atoms with Crippen LogP contribution in [0.25, 0.3) is 0 Å². The van der Waals surface area contributed by atoms with Gasteiger partial charge in [-0.3, -0.25) is 0 Å². The second-order valence-electron chi connectivity index (χ2n) is 21.9. The van der Waals surface area contributed by atoms with Gasteiger partial charge in [0.1, 0.15) is 0 Å². The zero-order valence-corrected chi connectivity index (χ0v) is 56.6. The Morgan fingerprint density at radius 1 is 0.289 bits per heavy atom. The summed E-state index contributed by atoms with van der Waals surface area (Å²) in [6, 6.07) is 0.579. The van der Waals surface area contributed by atoms with E-state index in [-0.39, 0.29) is 6.04 Å². The SMILES string of the molecule is CCCCC/C=C/[Si]12O[Si]3(/C=C/CCCCC)O[Si]4(CCCCCCC)O[Si](/C=C/CCCCC)(O1)O[Si]1(CC(O)CO)O[Si](/C=C/CCCCCCC)(O2)O[Si](CCCCCCC)(O3)O[Si](/C=C/CCCCC)(O4)O1. The molecule has 0 aromatic heterocycles. The van der Waals surface area contributed by atoms with Crippen molar-refractivity contribution in [3.05, 3.63) is 58.9 Å². The van der Waals surface area contributed by atoms with E-state index in [0.29, 0.717) is 12.1 Å². The zero-order valence-electron chi connectivity index (χ0n) is 48.6. The van der Waals surface area contributed by atoms with E-state index >= 15 is 0 Å². The fraction of sp³-hybridized carbons (Fsp3) is 0.815. The molecule has 9 unspecified atom stereocenters. The molecule has 76 heavy (non-hydrogen) atoms. The van der Waals surface area contributed by atoms with Crippen LogP contribution in [-0.2, 0) is 49.4 Å². The Hall–Kier alpha value is -0.125. The fourth-order valence-electron chi connectivity index (χ4n) is 10.3. The average molecular weight is 1200 g/mol. The number of unbranched alkanes of at least 4 members (excludes halogenated alkanes) is 25. The van der Waals surface area contributed by atoms with E-state index in [0.717, 1.165) is 199 Å². The summed E-state index contributed by atoms with van der Waals surface area (Å²) in [4.78, 5) is 0. The summed E-state index contributed by atoms with van der Waals surface area (Å²) >= 11 is 0. The quantitative estimate of drug-likeness (QED) is 0.0441. The summed E-state index contributed by atoms with van der Waals surface area (Å²) in [6.07, 6.45) is 40.9. The predicted molar refractivity (Wildman–Crippen MR) is 320 cm³/mol. The topological polar surface area (TPSA) is 151 Å². The highest BCUT2D eigenvalue weighted by Gasteiger charge is 2.82. The van der Waals surface area contributed by atoms with Crippen molar-refractivity contribution >= 4 is 70.4 Å². The molecule has 6 heterocycles. The average Bonchev–Trinajstić information content (AvgIpc) is 3.37. The molecular formula is C54H106O14Si8. The zero-order chi connectivity index (χ0) is 54.6. The molecule has 438 valence electrons. The van der Waals surface area contributed by atoms with Crippen LogP contribution >= 0.6 is 0 Å². The molecule has 8 bridgehead atoms. The van der Waals surface area contributed by atoms with Gasteiger partial charge in [0.25, 0.3) is 0 Å². The van der Waals surface area contributed by atoms with Crippen molar-refractivity contribution in [1.29, 1.82) is 0 Å². The third-order valence-electron chi connectivity index (χ3n) is 14.4. The highest BCUT2D eigenvalue weighted by Crippen LogP contribution is 2.52. The van der Waals surface area contributed by atoms with E-state index in [1.165, 1.54) is 6.42 Å².